The van der Waals surface area contributed by atoms with Crippen molar-refractivity contribution in [3.8, 4) is 0 Å². The number of unbranched alkanes of at least 4 members (excludes halogenated alkanes) is 2. The number of rotatable bonds is 60. The van der Waals surface area contributed by atoms with Gasteiger partial charge in [0.25, 0.3) is 0 Å². The van der Waals surface area contributed by atoms with E-state index in [1.54, 1.807) is 0 Å². The summed E-state index contributed by atoms with van der Waals surface area (Å²) in [6.45, 7) is 39.8. The highest BCUT2D eigenvalue weighted by Gasteiger charge is 2.30. The summed E-state index contributed by atoms with van der Waals surface area (Å²) in [4.78, 5) is 0. The van der Waals surface area contributed by atoms with Crippen molar-refractivity contribution in [2.24, 2.45) is 0 Å². The maximum absolute atomic E-state index is 10.7. The lowest BCUT2D eigenvalue weighted by Crippen LogP contribution is -2.29. The Labute approximate surface area is 773 Å². The Hall–Kier alpha value is -5.70. The smallest absolute Gasteiger partial charge is 0.0792 e. The zero-order valence-electron chi connectivity index (χ0n) is 84.2. The Morgan fingerprint density at radius 3 is 0.937 bits per heavy atom. The third-order valence-corrected chi connectivity index (χ3v) is 25.6. The fraction of sp³-hybridized carbons (Fsp3) is 0.670. The molecule has 11 nitrogen and oxygen atoms in total. The standard InChI is InChI=1S/C21H35NO.2C20H34O2.C19H31NO.C18H30O2.C17H28O/c1-4-14-21(23,15-5-2)16-13-20-12-8-11-19(17-20)10-7-6-9-18(3)22;1-5-8-19(21)18-15-17(10-9-16(18)4)11-14-20(22,12-6-2)13-7-3;1-4-7-11-19(21)18-10-8-9-17(16-18)12-15-20(22,13-5-2)14-6-3;1-4-12-19(21,13-5-2)14-11-18-8-6-7-17(15-18)10-9-16(3)20;1-4-11-18(20,6-3)12-10-15-8-7-9-16(13-15)14-17(19)5-2;1-4-11-17(18,12-5-2)13-10-16-9-7-8-15(6-3)14-16/h8,11-12,17,22-23H,4-7,9-10,13-16H2,1-3H3;9-10,15,19,21-22H,5-8,11-14H2,1-4H3;8-10,16,19,21-22H,4-7,11-15H2,1-3H3;6-8,15,20-21H,4-5,9-14H2,1-3H3;7-9,13,17,19-20H,4-6,10-12,14H2,1-3H3;7-9,14,18H,4-6,10-13H2,1-3H3/t;;19-;;;/m..1.../s1. The van der Waals surface area contributed by atoms with E-state index in [0.29, 0.717) is 0 Å². The molecule has 0 aliphatic carbocycles. The fourth-order valence-electron chi connectivity index (χ4n) is 18.2. The van der Waals surface area contributed by atoms with E-state index in [-0.39, 0.29) is 18.3 Å². The van der Waals surface area contributed by atoms with E-state index in [1.807, 2.05) is 32.9 Å². The lowest BCUT2D eigenvalue weighted by molar-refractivity contribution is 0.0127. The third kappa shape index (κ3) is 53.0. The van der Waals surface area contributed by atoms with Gasteiger partial charge in [0.05, 0.1) is 51.9 Å². The molecule has 6 rings (SSSR count). The second-order valence-electron chi connectivity index (χ2n) is 38.0. The van der Waals surface area contributed by atoms with Crippen LogP contribution in [0.5, 0.6) is 0 Å². The molecule has 0 radical (unpaired) electrons. The van der Waals surface area contributed by atoms with Crippen LogP contribution in [0.1, 0.15) is 460 Å². The van der Waals surface area contributed by atoms with Gasteiger partial charge in [0.1, 0.15) is 0 Å². The van der Waals surface area contributed by atoms with Crippen LogP contribution in [0.25, 0.3) is 0 Å². The Kier molecular flexibility index (Phi) is 64.2. The topological polar surface area (TPSA) is 230 Å². The van der Waals surface area contributed by atoms with Crippen molar-refractivity contribution >= 4 is 11.4 Å². The highest BCUT2D eigenvalue weighted by molar-refractivity contribution is 5.79. The van der Waals surface area contributed by atoms with Gasteiger partial charge in [-0.15, -0.1) is 0 Å². The van der Waals surface area contributed by atoms with E-state index < -0.39 is 33.6 Å². The predicted molar refractivity (Wildman–Crippen MR) is 544 cm³/mol. The van der Waals surface area contributed by atoms with Gasteiger partial charge in [-0.05, 0) is 318 Å². The average molecular weight is 1750 g/mol. The van der Waals surface area contributed by atoms with Gasteiger partial charge in [-0.1, -0.05) is 340 Å². The van der Waals surface area contributed by atoms with Crippen LogP contribution in [0.4, 0.5) is 0 Å². The number of aliphatic hydroxyl groups is 9. The number of benzene rings is 6. The van der Waals surface area contributed by atoms with Gasteiger partial charge in [0, 0.05) is 11.4 Å². The second kappa shape index (κ2) is 68.3. The lowest BCUT2D eigenvalue weighted by Gasteiger charge is -2.27. The van der Waals surface area contributed by atoms with Gasteiger partial charge < -0.3 is 56.8 Å². The highest BCUT2D eigenvalue weighted by atomic mass is 16.3. The molecule has 126 heavy (non-hydrogen) atoms. The van der Waals surface area contributed by atoms with Crippen LogP contribution in [0, 0.1) is 17.7 Å². The van der Waals surface area contributed by atoms with Gasteiger partial charge in [-0.2, -0.15) is 0 Å². The normalized spacial score (nSPS) is 12.9. The van der Waals surface area contributed by atoms with E-state index in [1.165, 1.54) is 55.6 Å². The van der Waals surface area contributed by atoms with Crippen LogP contribution in [0.15, 0.2) is 140 Å². The van der Waals surface area contributed by atoms with Crippen molar-refractivity contribution in [3.63, 3.8) is 0 Å². The molecular formula is C115H192N2O9. The number of hydrogen-bond donors (Lipinski definition) is 11. The first kappa shape index (κ1) is 118. The minimum Gasteiger partial charge on any atom is -0.393 e. The number of aryl methyl sites for hydroxylation is 10. The minimum atomic E-state index is -0.531. The third-order valence-electron chi connectivity index (χ3n) is 25.6. The maximum atomic E-state index is 10.7. The molecule has 0 bridgehead atoms. The summed E-state index contributed by atoms with van der Waals surface area (Å²) < 4.78 is 0. The van der Waals surface area contributed by atoms with Gasteiger partial charge in [0.2, 0.25) is 0 Å². The lowest BCUT2D eigenvalue weighted by atomic mass is 9.86. The number of nitrogens with one attached hydrogen (secondary N) is 2. The van der Waals surface area contributed by atoms with Gasteiger partial charge in [-0.3, -0.25) is 0 Å². The van der Waals surface area contributed by atoms with Crippen LogP contribution in [-0.2, 0) is 64.2 Å². The quantitative estimate of drug-likeness (QED) is 0.0129. The minimum absolute atomic E-state index is 0.252. The first-order valence-corrected chi connectivity index (χ1v) is 51.1. The van der Waals surface area contributed by atoms with Crippen molar-refractivity contribution in [2.75, 3.05) is 0 Å². The summed E-state index contributed by atoms with van der Waals surface area (Å²) in [5.74, 6) is 0. The molecule has 0 aliphatic heterocycles. The predicted octanol–water partition coefficient (Wildman–Crippen LogP) is 29.3. The van der Waals surface area contributed by atoms with Crippen LogP contribution < -0.4 is 0 Å². The Morgan fingerprint density at radius 2 is 0.595 bits per heavy atom. The van der Waals surface area contributed by atoms with Crippen molar-refractivity contribution in [2.45, 2.75) is 498 Å². The van der Waals surface area contributed by atoms with Gasteiger partial charge in [-0.25, -0.2) is 0 Å². The van der Waals surface area contributed by atoms with Crippen molar-refractivity contribution in [1.82, 2.24) is 0 Å². The van der Waals surface area contributed by atoms with E-state index in [4.69, 9.17) is 10.8 Å². The molecule has 4 atom stereocenters. The van der Waals surface area contributed by atoms with Crippen molar-refractivity contribution in [1.29, 1.82) is 10.8 Å². The Bertz CT molecular complexity index is 3700. The SMILES string of the molecule is CCCC(O)(CC)CCc1cccc(CC(O)CC)c1.CCCC(O)(CCC)CCc1cccc(CC)c1.CCCC(O)(CCC)CCc1cccc(CCC(C)=N)c1.CCCC(O)(CCC)CCc1cccc(CCCCC(C)=N)c1.CCCC(O)c1cc(CCC(O)(CCC)CCC)ccc1C.CCCC[C@@H](O)c1cccc(CCC(O)(CCC)CCC)c1. The Balaban J connectivity index is 0.000000757. The summed E-state index contributed by atoms with van der Waals surface area (Å²) in [6, 6.07) is 49.2. The van der Waals surface area contributed by atoms with E-state index in [9.17, 15) is 46.0 Å². The molecule has 0 aromatic heterocycles. The van der Waals surface area contributed by atoms with Crippen LogP contribution >= 0.6 is 0 Å². The monoisotopic (exact) mass is 1750 g/mol. The highest BCUT2D eigenvalue weighted by Crippen LogP contribution is 2.34. The first-order valence-electron chi connectivity index (χ1n) is 51.1. The van der Waals surface area contributed by atoms with Crippen molar-refractivity contribution < 1.29 is 46.0 Å². The zero-order chi connectivity index (χ0) is 94.3. The Morgan fingerprint density at radius 1 is 0.286 bits per heavy atom. The van der Waals surface area contributed by atoms with E-state index >= 15 is 0 Å². The largest absolute Gasteiger partial charge is 0.393 e. The van der Waals surface area contributed by atoms with Crippen molar-refractivity contribution in [3.05, 3.63) is 212 Å². The zero-order valence-corrected chi connectivity index (χ0v) is 84.2. The molecule has 0 saturated carbocycles. The summed E-state index contributed by atoms with van der Waals surface area (Å²) in [5.41, 5.74) is 14.7. The summed E-state index contributed by atoms with van der Waals surface area (Å²) in [7, 11) is 0. The summed E-state index contributed by atoms with van der Waals surface area (Å²) in [5, 5.41) is 109. The molecule has 0 spiro atoms. The van der Waals surface area contributed by atoms with Gasteiger partial charge >= 0.3 is 0 Å². The van der Waals surface area contributed by atoms with Crippen LogP contribution in [0.2, 0.25) is 0 Å². The molecule has 11 heteroatoms. The molecular weight excluding hydrogens is 1550 g/mol. The molecule has 0 aliphatic rings. The summed E-state index contributed by atoms with van der Waals surface area (Å²) in [6.07, 6.45) is 45.0. The number of aliphatic hydroxyl groups excluding tert-OH is 3. The average Bonchev–Trinajstić information content (AvgIpc) is 0.918. The van der Waals surface area contributed by atoms with Crippen LogP contribution in [-0.4, -0.2) is 97.1 Å². The second-order valence-corrected chi connectivity index (χ2v) is 38.0. The molecule has 0 amide bonds. The molecule has 0 saturated heterocycles. The van der Waals surface area contributed by atoms with E-state index in [2.05, 4.69) is 238 Å². The molecule has 11 N–H and O–H groups in total. The molecule has 6 aromatic rings. The first-order chi connectivity index (χ1) is 60.1. The molecule has 0 heterocycles. The maximum Gasteiger partial charge on any atom is 0.0792 e. The van der Waals surface area contributed by atoms with Gasteiger partial charge in [0.15, 0.2) is 0 Å². The van der Waals surface area contributed by atoms with E-state index in [0.717, 1.165) is 343 Å². The fourth-order valence-corrected chi connectivity index (χ4v) is 18.2. The number of hydrogen-bond acceptors (Lipinski definition) is 11. The van der Waals surface area contributed by atoms with Crippen LogP contribution in [0.3, 0.4) is 0 Å². The summed E-state index contributed by atoms with van der Waals surface area (Å²) >= 11 is 0. The molecule has 716 valence electrons. The molecule has 0 fully saturated rings. The molecule has 6 aromatic carbocycles. The molecule has 3 unspecified atom stereocenters.